The number of nitrogens with one attached hydrogen (secondary N) is 1. The molecular weight excluding hydrogens is 250 g/mol. The predicted molar refractivity (Wildman–Crippen MR) is 78.6 cm³/mol. The third-order valence-corrected chi connectivity index (χ3v) is 3.14. The van der Waals surface area contributed by atoms with Crippen LogP contribution in [-0.2, 0) is 6.54 Å². The van der Waals surface area contributed by atoms with E-state index in [9.17, 15) is 0 Å². The van der Waals surface area contributed by atoms with Crippen LogP contribution in [0.4, 0.5) is 0 Å². The Kier molecular flexibility index (Phi) is 3.43. The van der Waals surface area contributed by atoms with Crippen LogP contribution >= 0.6 is 0 Å². The summed E-state index contributed by atoms with van der Waals surface area (Å²) in [6.45, 7) is 4.95. The van der Waals surface area contributed by atoms with Gasteiger partial charge in [0.1, 0.15) is 0 Å². The molecule has 0 aliphatic heterocycles. The maximum atomic E-state index is 4.21. The lowest BCUT2D eigenvalue weighted by Crippen LogP contribution is -2.21. The lowest BCUT2D eigenvalue weighted by atomic mass is 10.1. The molecule has 3 aromatic rings. The van der Waals surface area contributed by atoms with Crippen LogP contribution in [0.1, 0.15) is 19.5 Å². The normalized spacial score (nSPS) is 11.3. The molecule has 5 heteroatoms. The van der Waals surface area contributed by atoms with Gasteiger partial charge in [-0.1, -0.05) is 31.2 Å². The molecule has 5 nitrogen and oxygen atoms in total. The van der Waals surface area contributed by atoms with Crippen LogP contribution in [0.3, 0.4) is 0 Å². The highest BCUT2D eigenvalue weighted by Crippen LogP contribution is 2.20. The van der Waals surface area contributed by atoms with Gasteiger partial charge in [-0.15, -0.1) is 5.10 Å². The standard InChI is InChI=1S/C15H17N5/c1-11(2)17-8-13-10-20(19-18-13)15-5-3-4-12-6-7-16-9-14(12)15/h3-7,9-11,17H,8H2,1-2H3. The minimum absolute atomic E-state index is 0.432. The number of rotatable bonds is 4. The van der Waals surface area contributed by atoms with Gasteiger partial charge in [-0.3, -0.25) is 4.98 Å². The second-order valence-corrected chi connectivity index (χ2v) is 5.06. The summed E-state index contributed by atoms with van der Waals surface area (Å²) in [6.07, 6.45) is 5.61. The Morgan fingerprint density at radius 1 is 1.25 bits per heavy atom. The Labute approximate surface area is 117 Å². The highest BCUT2D eigenvalue weighted by atomic mass is 15.4. The molecule has 0 unspecified atom stereocenters. The number of pyridine rings is 1. The van der Waals surface area contributed by atoms with Crippen molar-refractivity contribution in [1.82, 2.24) is 25.3 Å². The Hall–Kier alpha value is -2.27. The summed E-state index contributed by atoms with van der Waals surface area (Å²) in [5.41, 5.74) is 1.93. The van der Waals surface area contributed by atoms with Gasteiger partial charge in [0.25, 0.3) is 0 Å². The molecule has 0 spiro atoms. The van der Waals surface area contributed by atoms with Gasteiger partial charge < -0.3 is 5.32 Å². The average molecular weight is 267 g/mol. The summed E-state index contributed by atoms with van der Waals surface area (Å²) in [4.78, 5) is 4.19. The van der Waals surface area contributed by atoms with E-state index in [-0.39, 0.29) is 0 Å². The zero-order valence-corrected chi connectivity index (χ0v) is 11.6. The first-order chi connectivity index (χ1) is 9.74. The first-order valence-electron chi connectivity index (χ1n) is 6.72. The van der Waals surface area contributed by atoms with E-state index in [2.05, 4.69) is 40.5 Å². The van der Waals surface area contributed by atoms with E-state index in [4.69, 9.17) is 0 Å². The summed E-state index contributed by atoms with van der Waals surface area (Å²) in [6, 6.07) is 8.54. The van der Waals surface area contributed by atoms with Crippen molar-refractivity contribution in [2.24, 2.45) is 0 Å². The molecule has 2 aromatic heterocycles. The molecule has 20 heavy (non-hydrogen) atoms. The highest BCUT2D eigenvalue weighted by Gasteiger charge is 2.06. The van der Waals surface area contributed by atoms with Crippen molar-refractivity contribution in [1.29, 1.82) is 0 Å². The number of aromatic nitrogens is 4. The van der Waals surface area contributed by atoms with Gasteiger partial charge in [0.2, 0.25) is 0 Å². The molecule has 0 fully saturated rings. The lowest BCUT2D eigenvalue weighted by molar-refractivity contribution is 0.580. The summed E-state index contributed by atoms with van der Waals surface area (Å²) in [5.74, 6) is 0. The van der Waals surface area contributed by atoms with Gasteiger partial charge in [0, 0.05) is 30.4 Å². The van der Waals surface area contributed by atoms with Crippen LogP contribution < -0.4 is 5.32 Å². The molecule has 3 rings (SSSR count). The van der Waals surface area contributed by atoms with Crippen molar-refractivity contribution < 1.29 is 0 Å². The second-order valence-electron chi connectivity index (χ2n) is 5.06. The largest absolute Gasteiger partial charge is 0.309 e. The van der Waals surface area contributed by atoms with Gasteiger partial charge in [-0.2, -0.15) is 0 Å². The van der Waals surface area contributed by atoms with Crippen LogP contribution in [0.15, 0.2) is 42.9 Å². The minimum Gasteiger partial charge on any atom is -0.309 e. The smallest absolute Gasteiger partial charge is 0.0969 e. The number of nitrogens with zero attached hydrogens (tertiary/aromatic N) is 4. The molecule has 1 N–H and O–H groups in total. The van der Waals surface area contributed by atoms with Gasteiger partial charge in [0.15, 0.2) is 0 Å². The number of fused-ring (bicyclic) bond motifs is 1. The SMILES string of the molecule is CC(C)NCc1cn(-c2cccc3ccncc23)nn1. The van der Waals surface area contributed by atoms with E-state index in [0.717, 1.165) is 28.7 Å². The molecule has 0 atom stereocenters. The van der Waals surface area contributed by atoms with Crippen LogP contribution in [-0.4, -0.2) is 26.0 Å². The van der Waals surface area contributed by atoms with E-state index in [1.807, 2.05) is 30.6 Å². The van der Waals surface area contributed by atoms with Crippen LogP contribution in [0.5, 0.6) is 0 Å². The fraction of sp³-hybridized carbons (Fsp3) is 0.267. The number of hydrogen-bond acceptors (Lipinski definition) is 4. The van der Waals surface area contributed by atoms with Gasteiger partial charge >= 0.3 is 0 Å². The van der Waals surface area contributed by atoms with E-state index in [1.165, 1.54) is 0 Å². The Bertz CT molecular complexity index is 712. The molecule has 0 saturated carbocycles. The van der Waals surface area contributed by atoms with E-state index in [1.54, 1.807) is 10.9 Å². The fourth-order valence-corrected chi connectivity index (χ4v) is 2.10. The maximum Gasteiger partial charge on any atom is 0.0969 e. The summed E-state index contributed by atoms with van der Waals surface area (Å²) < 4.78 is 1.81. The fourth-order valence-electron chi connectivity index (χ4n) is 2.10. The van der Waals surface area contributed by atoms with Crippen LogP contribution in [0, 0.1) is 0 Å². The molecule has 0 aliphatic rings. The summed E-state index contributed by atoms with van der Waals surface area (Å²) in [5, 5.41) is 14.0. The van der Waals surface area contributed by atoms with E-state index in [0.29, 0.717) is 6.04 Å². The third kappa shape index (κ3) is 2.53. The third-order valence-electron chi connectivity index (χ3n) is 3.14. The molecule has 0 bridgehead atoms. The second kappa shape index (κ2) is 5.38. The van der Waals surface area contributed by atoms with Crippen molar-refractivity contribution in [2.75, 3.05) is 0 Å². The quantitative estimate of drug-likeness (QED) is 0.788. The summed E-state index contributed by atoms with van der Waals surface area (Å²) in [7, 11) is 0. The van der Waals surface area contributed by atoms with Gasteiger partial charge in [0.05, 0.1) is 17.6 Å². The van der Waals surface area contributed by atoms with Crippen molar-refractivity contribution >= 4 is 10.8 Å². The lowest BCUT2D eigenvalue weighted by Gasteiger charge is -2.05. The minimum atomic E-state index is 0.432. The van der Waals surface area contributed by atoms with Crippen molar-refractivity contribution in [2.45, 2.75) is 26.4 Å². The summed E-state index contributed by atoms with van der Waals surface area (Å²) >= 11 is 0. The first kappa shape index (κ1) is 12.7. The Morgan fingerprint density at radius 2 is 2.15 bits per heavy atom. The van der Waals surface area contributed by atoms with Gasteiger partial charge in [-0.05, 0) is 17.5 Å². The van der Waals surface area contributed by atoms with Crippen LogP contribution in [0.25, 0.3) is 16.5 Å². The van der Waals surface area contributed by atoms with Crippen molar-refractivity contribution in [3.8, 4) is 5.69 Å². The van der Waals surface area contributed by atoms with E-state index < -0.39 is 0 Å². The van der Waals surface area contributed by atoms with E-state index >= 15 is 0 Å². The molecule has 0 amide bonds. The number of hydrogen-bond donors (Lipinski definition) is 1. The highest BCUT2D eigenvalue weighted by molar-refractivity contribution is 5.89. The first-order valence-corrected chi connectivity index (χ1v) is 6.72. The molecule has 0 radical (unpaired) electrons. The zero-order chi connectivity index (χ0) is 13.9. The molecule has 0 saturated heterocycles. The van der Waals surface area contributed by atoms with Crippen LogP contribution in [0.2, 0.25) is 0 Å². The Morgan fingerprint density at radius 3 is 3.00 bits per heavy atom. The van der Waals surface area contributed by atoms with Crippen molar-refractivity contribution in [3.63, 3.8) is 0 Å². The predicted octanol–water partition coefficient (Wildman–Crippen LogP) is 2.31. The molecule has 2 heterocycles. The maximum absolute atomic E-state index is 4.21. The van der Waals surface area contributed by atoms with Gasteiger partial charge in [-0.25, -0.2) is 4.68 Å². The average Bonchev–Trinajstić information content (AvgIpc) is 2.93. The van der Waals surface area contributed by atoms with Crippen molar-refractivity contribution in [3.05, 3.63) is 48.5 Å². The molecular formula is C15H17N5. The zero-order valence-electron chi connectivity index (χ0n) is 11.6. The molecule has 102 valence electrons. The monoisotopic (exact) mass is 267 g/mol. The molecule has 1 aromatic carbocycles. The topological polar surface area (TPSA) is 55.6 Å². The molecule has 0 aliphatic carbocycles. The Balaban J connectivity index is 1.95. The number of benzene rings is 1.